The molecule has 2 saturated heterocycles. The molecule has 35 heavy (non-hydrogen) atoms. The molecular formula is C26H37N7O2. The first kappa shape index (κ1) is 24.0. The molecule has 0 amide bonds. The maximum absolute atomic E-state index is 12.8. The maximum Gasteiger partial charge on any atom is 0.264 e. The van der Waals surface area contributed by atoms with Gasteiger partial charge in [0.05, 0.1) is 18.3 Å². The van der Waals surface area contributed by atoms with Crippen LogP contribution in [0.1, 0.15) is 31.2 Å². The van der Waals surface area contributed by atoms with E-state index in [1.807, 2.05) is 0 Å². The molecule has 9 heteroatoms. The van der Waals surface area contributed by atoms with Gasteiger partial charge in [-0.3, -0.25) is 18.9 Å². The van der Waals surface area contributed by atoms with Crippen molar-refractivity contribution in [1.82, 2.24) is 29.1 Å². The van der Waals surface area contributed by atoms with Gasteiger partial charge >= 0.3 is 0 Å². The van der Waals surface area contributed by atoms with Gasteiger partial charge < -0.3 is 14.9 Å². The van der Waals surface area contributed by atoms with Crippen LogP contribution in [0.2, 0.25) is 0 Å². The number of hydrogen-bond acceptors (Lipinski definition) is 7. The van der Waals surface area contributed by atoms with E-state index in [2.05, 4.69) is 63.1 Å². The molecule has 0 aliphatic carbocycles. The third-order valence-corrected chi connectivity index (χ3v) is 7.87. The minimum Gasteiger partial charge on any atom is -0.388 e. The lowest BCUT2D eigenvalue weighted by molar-refractivity contribution is -0.0364. The van der Waals surface area contributed by atoms with Gasteiger partial charge in [0, 0.05) is 51.5 Å². The van der Waals surface area contributed by atoms with Crippen molar-refractivity contribution < 1.29 is 5.11 Å². The number of fused-ring (bicyclic) bond motifs is 1. The number of nitrogens with zero attached hydrogens (tertiary/aromatic N) is 7. The zero-order chi connectivity index (χ0) is 24.6. The van der Waals surface area contributed by atoms with Crippen molar-refractivity contribution in [1.29, 1.82) is 0 Å². The number of benzene rings is 1. The first-order valence-electron chi connectivity index (χ1n) is 12.6. The summed E-state index contributed by atoms with van der Waals surface area (Å²) in [6, 6.07) is 9.67. The minimum atomic E-state index is -0.902. The monoisotopic (exact) mass is 479 g/mol. The highest BCUT2D eigenvalue weighted by Gasteiger charge is 2.33. The quantitative estimate of drug-likeness (QED) is 0.576. The number of likely N-dealkylation sites (tertiary alicyclic amines) is 1. The standard InChI is InChI=1S/C26H37N7O2/c1-29(2)21-8-12-32(13-9-21)22-6-4-20(5-7-22)17-31-14-10-26(35,11-15-31)18-33-19-27-24-23(25(33)34)16-28-30(24)3/h4-7,16,19,21,35H,8-15,17-18H2,1-3H3. The van der Waals surface area contributed by atoms with Crippen LogP contribution in [0.4, 0.5) is 5.69 Å². The van der Waals surface area contributed by atoms with Gasteiger partial charge in [0.1, 0.15) is 11.7 Å². The van der Waals surface area contributed by atoms with Crippen LogP contribution in [-0.4, -0.2) is 86.2 Å². The normalized spacial score (nSPS) is 19.6. The molecule has 2 aromatic heterocycles. The van der Waals surface area contributed by atoms with Crippen LogP contribution in [0.25, 0.3) is 11.0 Å². The molecule has 0 atom stereocenters. The largest absolute Gasteiger partial charge is 0.388 e. The summed E-state index contributed by atoms with van der Waals surface area (Å²) in [6.45, 7) is 4.96. The van der Waals surface area contributed by atoms with E-state index in [4.69, 9.17) is 0 Å². The minimum absolute atomic E-state index is 0.148. The van der Waals surface area contributed by atoms with Crippen LogP contribution in [-0.2, 0) is 20.1 Å². The third-order valence-electron chi connectivity index (χ3n) is 7.87. The Morgan fingerprint density at radius 3 is 2.43 bits per heavy atom. The van der Waals surface area contributed by atoms with Crippen LogP contribution in [0.5, 0.6) is 0 Å². The first-order chi connectivity index (χ1) is 16.8. The van der Waals surface area contributed by atoms with E-state index in [0.29, 0.717) is 29.9 Å². The molecule has 188 valence electrons. The SMILES string of the molecule is CN(C)C1CCN(c2ccc(CN3CCC(O)(Cn4cnc5c(cnn5C)c4=O)CC3)cc2)CC1. The summed E-state index contributed by atoms with van der Waals surface area (Å²) in [6.07, 6.45) is 6.76. The smallest absolute Gasteiger partial charge is 0.264 e. The lowest BCUT2D eigenvalue weighted by Gasteiger charge is -2.38. The molecule has 1 N–H and O–H groups in total. The van der Waals surface area contributed by atoms with Gasteiger partial charge in [0.2, 0.25) is 0 Å². The molecule has 0 saturated carbocycles. The summed E-state index contributed by atoms with van der Waals surface area (Å²) in [7, 11) is 6.12. The Balaban J connectivity index is 1.14. The molecule has 0 bridgehead atoms. The van der Waals surface area contributed by atoms with Crippen LogP contribution < -0.4 is 10.5 Å². The molecule has 1 aromatic carbocycles. The molecule has 9 nitrogen and oxygen atoms in total. The predicted molar refractivity (Wildman–Crippen MR) is 138 cm³/mol. The fourth-order valence-electron chi connectivity index (χ4n) is 5.49. The first-order valence-corrected chi connectivity index (χ1v) is 12.6. The van der Waals surface area contributed by atoms with Crippen molar-refractivity contribution in [3.05, 3.63) is 52.7 Å². The van der Waals surface area contributed by atoms with E-state index in [-0.39, 0.29) is 12.1 Å². The van der Waals surface area contributed by atoms with Gasteiger partial charge in [0.25, 0.3) is 5.56 Å². The van der Waals surface area contributed by atoms with E-state index in [0.717, 1.165) is 32.7 Å². The highest BCUT2D eigenvalue weighted by Crippen LogP contribution is 2.26. The van der Waals surface area contributed by atoms with E-state index < -0.39 is 5.60 Å². The second-order valence-electron chi connectivity index (χ2n) is 10.5. The van der Waals surface area contributed by atoms with Crippen molar-refractivity contribution in [2.45, 2.75) is 50.4 Å². The number of aliphatic hydroxyl groups is 1. The molecule has 2 aliphatic heterocycles. The van der Waals surface area contributed by atoms with E-state index in [1.165, 1.54) is 35.0 Å². The Labute approximate surface area is 206 Å². The molecule has 0 radical (unpaired) electrons. The maximum atomic E-state index is 12.8. The molecule has 3 aromatic rings. The molecule has 2 fully saturated rings. The molecule has 0 spiro atoms. The molecule has 5 rings (SSSR count). The van der Waals surface area contributed by atoms with Gasteiger partial charge in [-0.1, -0.05) is 12.1 Å². The second kappa shape index (κ2) is 9.72. The van der Waals surface area contributed by atoms with Crippen LogP contribution in [0, 0.1) is 0 Å². The summed E-state index contributed by atoms with van der Waals surface area (Å²) in [4.78, 5) is 24.4. The fraction of sp³-hybridized carbons (Fsp3) is 0.577. The summed E-state index contributed by atoms with van der Waals surface area (Å²) in [5.41, 5.74) is 2.12. The topological polar surface area (TPSA) is 82.7 Å². The van der Waals surface area contributed by atoms with Gasteiger partial charge in [-0.15, -0.1) is 0 Å². The Kier molecular flexibility index (Phi) is 6.65. The van der Waals surface area contributed by atoms with Gasteiger partial charge in [-0.05, 0) is 57.5 Å². The van der Waals surface area contributed by atoms with Gasteiger partial charge in [0.15, 0.2) is 5.65 Å². The highest BCUT2D eigenvalue weighted by molar-refractivity contribution is 5.72. The number of piperidine rings is 2. The average Bonchev–Trinajstić information content (AvgIpc) is 3.24. The number of aromatic nitrogens is 4. The van der Waals surface area contributed by atoms with Crippen LogP contribution >= 0.6 is 0 Å². The Morgan fingerprint density at radius 2 is 1.77 bits per heavy atom. The van der Waals surface area contributed by atoms with E-state index in [9.17, 15) is 9.90 Å². The van der Waals surface area contributed by atoms with E-state index in [1.54, 1.807) is 17.9 Å². The number of aryl methyl sites for hydroxylation is 1. The van der Waals surface area contributed by atoms with Gasteiger partial charge in [-0.25, -0.2) is 4.98 Å². The van der Waals surface area contributed by atoms with Gasteiger partial charge in [-0.2, -0.15) is 5.10 Å². The molecular weight excluding hydrogens is 442 g/mol. The van der Waals surface area contributed by atoms with E-state index >= 15 is 0 Å². The molecule has 2 aliphatic rings. The molecule has 0 unspecified atom stereocenters. The number of hydrogen-bond donors (Lipinski definition) is 1. The Bertz CT molecular complexity index is 1200. The number of anilines is 1. The predicted octanol–water partition coefficient (Wildman–Crippen LogP) is 1.69. The Hall–Kier alpha value is -2.75. The van der Waals surface area contributed by atoms with Crippen molar-refractivity contribution in [3.8, 4) is 0 Å². The van der Waals surface area contributed by atoms with Crippen LogP contribution in [0.3, 0.4) is 0 Å². The highest BCUT2D eigenvalue weighted by atomic mass is 16.3. The number of rotatable bonds is 6. The van der Waals surface area contributed by atoms with Crippen molar-refractivity contribution in [3.63, 3.8) is 0 Å². The molecule has 4 heterocycles. The summed E-state index contributed by atoms with van der Waals surface area (Å²) in [5, 5.41) is 15.8. The average molecular weight is 480 g/mol. The van der Waals surface area contributed by atoms with Crippen molar-refractivity contribution in [2.24, 2.45) is 7.05 Å². The third kappa shape index (κ3) is 5.12. The zero-order valence-electron chi connectivity index (χ0n) is 21.1. The summed E-state index contributed by atoms with van der Waals surface area (Å²) >= 11 is 0. The lowest BCUT2D eigenvalue weighted by Crippen LogP contribution is -2.47. The zero-order valence-corrected chi connectivity index (χ0v) is 21.1. The van der Waals surface area contributed by atoms with Crippen LogP contribution in [0.15, 0.2) is 41.6 Å². The van der Waals surface area contributed by atoms with Crippen molar-refractivity contribution >= 4 is 16.7 Å². The Morgan fingerprint density at radius 1 is 1.09 bits per heavy atom. The second-order valence-corrected chi connectivity index (χ2v) is 10.5. The fourth-order valence-corrected chi connectivity index (χ4v) is 5.49. The lowest BCUT2D eigenvalue weighted by atomic mass is 9.91. The summed E-state index contributed by atoms with van der Waals surface area (Å²) < 4.78 is 3.12. The summed E-state index contributed by atoms with van der Waals surface area (Å²) in [5.74, 6) is 0. The van der Waals surface area contributed by atoms with Crippen molar-refractivity contribution in [2.75, 3.05) is 45.2 Å².